The molecule has 0 spiro atoms. The second kappa shape index (κ2) is 7.01. The predicted molar refractivity (Wildman–Crippen MR) is 100 cm³/mol. The highest BCUT2D eigenvalue weighted by molar-refractivity contribution is 6.08. The maximum absolute atomic E-state index is 12.6. The van der Waals surface area contributed by atoms with Crippen molar-refractivity contribution in [1.29, 1.82) is 0 Å². The van der Waals surface area contributed by atoms with Crippen LogP contribution in [0.4, 0.5) is 5.69 Å². The first-order valence-corrected chi connectivity index (χ1v) is 8.43. The molecule has 0 aliphatic carbocycles. The molecule has 1 aliphatic rings. The van der Waals surface area contributed by atoms with E-state index in [0.717, 1.165) is 27.9 Å². The highest BCUT2D eigenvalue weighted by Crippen LogP contribution is 2.26. The van der Waals surface area contributed by atoms with E-state index in [1.165, 1.54) is 0 Å². The van der Waals surface area contributed by atoms with Gasteiger partial charge in [0.15, 0.2) is 0 Å². The van der Waals surface area contributed by atoms with E-state index in [1.807, 2.05) is 59.4 Å². The smallest absolute Gasteiger partial charge is 0.255 e. The predicted octanol–water partition coefficient (Wildman–Crippen LogP) is 3.10. The lowest BCUT2D eigenvalue weighted by Crippen LogP contribution is -2.21. The fourth-order valence-electron chi connectivity index (χ4n) is 2.96. The quantitative estimate of drug-likeness (QED) is 0.769. The van der Waals surface area contributed by atoms with Gasteiger partial charge in [-0.15, -0.1) is 0 Å². The van der Waals surface area contributed by atoms with Gasteiger partial charge >= 0.3 is 0 Å². The van der Waals surface area contributed by atoms with E-state index in [-0.39, 0.29) is 12.5 Å². The molecule has 0 saturated heterocycles. The number of fused-ring (bicyclic) bond motifs is 2. The zero-order valence-corrected chi connectivity index (χ0v) is 14.4. The second-order valence-corrected chi connectivity index (χ2v) is 6.08. The molecule has 0 unspecified atom stereocenters. The Labute approximate surface area is 151 Å². The maximum Gasteiger partial charge on any atom is 0.255 e. The number of para-hydroxylation sites is 1. The summed E-state index contributed by atoms with van der Waals surface area (Å²) in [5, 5.41) is 8.33. The Morgan fingerprint density at radius 3 is 3.08 bits per heavy atom. The highest BCUT2D eigenvalue weighted by Gasteiger charge is 2.17. The molecule has 0 fully saturated rings. The molecule has 0 atom stereocenters. The van der Waals surface area contributed by atoms with E-state index in [9.17, 15) is 4.79 Å². The summed E-state index contributed by atoms with van der Waals surface area (Å²) in [6.07, 6.45) is 3.68. The van der Waals surface area contributed by atoms with Gasteiger partial charge in [-0.25, -0.2) is 0 Å². The Hall–Kier alpha value is -3.12. The van der Waals surface area contributed by atoms with Gasteiger partial charge in [-0.1, -0.05) is 18.2 Å². The maximum atomic E-state index is 12.6. The number of rotatable bonds is 5. The van der Waals surface area contributed by atoms with Gasteiger partial charge in [0, 0.05) is 23.7 Å². The van der Waals surface area contributed by atoms with Crippen molar-refractivity contribution in [3.05, 3.63) is 59.8 Å². The van der Waals surface area contributed by atoms with Gasteiger partial charge in [0.05, 0.1) is 30.4 Å². The standard InChI is InChI=1S/C20H19N3O3/c1-25-9-8-23-18-11-17(7-6-15(18)12-21-23)22-20(24)16-10-14-4-2-3-5-19(14)26-13-16/h2-7,10-12H,8-9,13H2,1H3,(H,22,24). The van der Waals surface area contributed by atoms with E-state index in [1.54, 1.807) is 7.11 Å². The van der Waals surface area contributed by atoms with Crippen molar-refractivity contribution in [2.75, 3.05) is 25.6 Å². The molecule has 1 N–H and O–H groups in total. The number of ether oxygens (including phenoxy) is 2. The summed E-state index contributed by atoms with van der Waals surface area (Å²) in [5.74, 6) is 0.634. The number of anilines is 1. The summed E-state index contributed by atoms with van der Waals surface area (Å²) in [6, 6.07) is 13.4. The van der Waals surface area contributed by atoms with Gasteiger partial charge in [0.1, 0.15) is 12.4 Å². The van der Waals surface area contributed by atoms with Gasteiger partial charge in [-0.3, -0.25) is 9.48 Å². The SMILES string of the molecule is COCCn1ncc2ccc(NC(=O)C3=Cc4ccccc4OC3)cc21. The number of carbonyl (C=O) groups is 1. The first-order chi connectivity index (χ1) is 12.7. The molecule has 6 heteroatoms. The van der Waals surface area contributed by atoms with Gasteiger partial charge < -0.3 is 14.8 Å². The van der Waals surface area contributed by atoms with E-state index in [4.69, 9.17) is 9.47 Å². The lowest BCUT2D eigenvalue weighted by atomic mass is 10.1. The Bertz CT molecular complexity index is 991. The van der Waals surface area contributed by atoms with Crippen molar-refractivity contribution in [1.82, 2.24) is 9.78 Å². The molecule has 1 aromatic heterocycles. The number of methoxy groups -OCH3 is 1. The summed E-state index contributed by atoms with van der Waals surface area (Å²) >= 11 is 0. The van der Waals surface area contributed by atoms with Gasteiger partial charge in [0.2, 0.25) is 0 Å². The molecule has 3 aromatic rings. The molecule has 26 heavy (non-hydrogen) atoms. The molecule has 0 radical (unpaired) electrons. The van der Waals surface area contributed by atoms with Crippen molar-refractivity contribution < 1.29 is 14.3 Å². The summed E-state index contributed by atoms with van der Waals surface area (Å²) in [6.45, 7) is 1.50. The first kappa shape index (κ1) is 16.4. The third kappa shape index (κ3) is 3.19. The summed E-state index contributed by atoms with van der Waals surface area (Å²) < 4.78 is 12.6. The number of hydrogen-bond donors (Lipinski definition) is 1. The van der Waals surface area contributed by atoms with Crippen LogP contribution in [-0.4, -0.2) is 36.0 Å². The first-order valence-electron chi connectivity index (χ1n) is 8.43. The molecule has 132 valence electrons. The van der Waals surface area contributed by atoms with Crippen LogP contribution in [0, 0.1) is 0 Å². The monoisotopic (exact) mass is 349 g/mol. The van der Waals surface area contributed by atoms with E-state index < -0.39 is 0 Å². The average Bonchev–Trinajstić information content (AvgIpc) is 3.08. The number of hydrogen-bond acceptors (Lipinski definition) is 4. The van der Waals surface area contributed by atoms with E-state index in [0.29, 0.717) is 18.7 Å². The summed E-state index contributed by atoms with van der Waals surface area (Å²) in [4.78, 5) is 12.6. The molecule has 2 heterocycles. The summed E-state index contributed by atoms with van der Waals surface area (Å²) in [7, 11) is 1.66. The minimum atomic E-state index is -0.165. The highest BCUT2D eigenvalue weighted by atomic mass is 16.5. The third-order valence-electron chi connectivity index (χ3n) is 4.33. The van der Waals surface area contributed by atoms with Crippen LogP contribution in [0.5, 0.6) is 5.75 Å². The number of carbonyl (C=O) groups excluding carboxylic acids is 1. The van der Waals surface area contributed by atoms with Crippen LogP contribution in [0.2, 0.25) is 0 Å². The Morgan fingerprint density at radius 2 is 2.19 bits per heavy atom. The lowest BCUT2D eigenvalue weighted by Gasteiger charge is -2.17. The molecular formula is C20H19N3O3. The second-order valence-electron chi connectivity index (χ2n) is 6.08. The van der Waals surface area contributed by atoms with Crippen molar-refractivity contribution in [3.8, 4) is 5.75 Å². The Morgan fingerprint density at radius 1 is 1.31 bits per heavy atom. The molecule has 2 aromatic carbocycles. The van der Waals surface area contributed by atoms with Crippen LogP contribution in [0.15, 0.2) is 54.2 Å². The third-order valence-corrected chi connectivity index (χ3v) is 4.33. The zero-order valence-electron chi connectivity index (χ0n) is 14.4. The minimum Gasteiger partial charge on any atom is -0.488 e. The fraction of sp³-hybridized carbons (Fsp3) is 0.200. The minimum absolute atomic E-state index is 0.165. The van der Waals surface area contributed by atoms with Gasteiger partial charge in [-0.2, -0.15) is 5.10 Å². The molecule has 6 nitrogen and oxygen atoms in total. The van der Waals surface area contributed by atoms with Gasteiger partial charge in [0.25, 0.3) is 5.91 Å². The van der Waals surface area contributed by atoms with Crippen LogP contribution >= 0.6 is 0 Å². The van der Waals surface area contributed by atoms with E-state index >= 15 is 0 Å². The fourth-order valence-corrected chi connectivity index (χ4v) is 2.96. The molecule has 4 rings (SSSR count). The van der Waals surface area contributed by atoms with Crippen molar-refractivity contribution >= 4 is 28.6 Å². The van der Waals surface area contributed by atoms with Gasteiger partial charge in [-0.05, 0) is 30.3 Å². The average molecular weight is 349 g/mol. The molecule has 0 saturated carbocycles. The van der Waals surface area contributed by atoms with Crippen LogP contribution in [0.1, 0.15) is 5.56 Å². The Balaban J connectivity index is 1.55. The topological polar surface area (TPSA) is 65.4 Å². The van der Waals surface area contributed by atoms with Crippen LogP contribution in [0.25, 0.3) is 17.0 Å². The van der Waals surface area contributed by atoms with Crippen molar-refractivity contribution in [2.45, 2.75) is 6.54 Å². The van der Waals surface area contributed by atoms with Crippen molar-refractivity contribution in [2.24, 2.45) is 0 Å². The summed E-state index contributed by atoms with van der Waals surface area (Å²) in [5.41, 5.74) is 3.19. The number of aromatic nitrogens is 2. The normalized spacial score (nSPS) is 13.0. The van der Waals surface area contributed by atoms with Crippen LogP contribution in [0.3, 0.4) is 0 Å². The number of nitrogens with zero attached hydrogens (tertiary/aromatic N) is 2. The zero-order chi connectivity index (χ0) is 17.9. The van der Waals surface area contributed by atoms with Crippen LogP contribution < -0.4 is 10.1 Å². The number of benzene rings is 2. The number of amides is 1. The largest absolute Gasteiger partial charge is 0.488 e. The molecule has 0 bridgehead atoms. The number of nitrogens with one attached hydrogen (secondary N) is 1. The van der Waals surface area contributed by atoms with Crippen molar-refractivity contribution in [3.63, 3.8) is 0 Å². The molecule has 1 amide bonds. The van der Waals surface area contributed by atoms with E-state index in [2.05, 4.69) is 10.4 Å². The van der Waals surface area contributed by atoms with Crippen LogP contribution in [-0.2, 0) is 16.1 Å². The Kier molecular flexibility index (Phi) is 4.41. The lowest BCUT2D eigenvalue weighted by molar-refractivity contribution is -0.113. The molecule has 1 aliphatic heterocycles. The molecular weight excluding hydrogens is 330 g/mol.